The van der Waals surface area contributed by atoms with Crippen molar-refractivity contribution in [1.29, 1.82) is 0 Å². The fourth-order valence-corrected chi connectivity index (χ4v) is 2.70. The highest BCUT2D eigenvalue weighted by Gasteiger charge is 2.44. The molecule has 1 aliphatic rings. The molecule has 4 nitrogen and oxygen atoms in total. The molecule has 0 aromatic heterocycles. The van der Waals surface area contributed by atoms with Crippen molar-refractivity contribution in [2.75, 3.05) is 6.61 Å². The van der Waals surface area contributed by atoms with Crippen LogP contribution in [0.5, 0.6) is 0 Å². The molecular weight excluding hydrogens is 301 g/mol. The SMILES string of the molecule is CC(C)(C)[C@H]1c2ccccc2[C@H](OO)O[C@@H]1OCC(F)(F)F. The molecule has 3 atom stereocenters. The van der Waals surface area contributed by atoms with E-state index in [0.29, 0.717) is 5.56 Å². The van der Waals surface area contributed by atoms with Crippen LogP contribution in [0, 0.1) is 5.41 Å². The van der Waals surface area contributed by atoms with Gasteiger partial charge in [0, 0.05) is 11.5 Å². The third-order valence-electron chi connectivity index (χ3n) is 3.55. The number of ether oxygens (including phenoxy) is 2. The first-order valence-electron chi connectivity index (χ1n) is 6.86. The molecule has 2 rings (SSSR count). The Balaban J connectivity index is 2.37. The molecule has 0 fully saturated rings. The fourth-order valence-electron chi connectivity index (χ4n) is 2.70. The first kappa shape index (κ1) is 17.2. The lowest BCUT2D eigenvalue weighted by Crippen LogP contribution is -2.41. The molecule has 0 spiro atoms. The summed E-state index contributed by atoms with van der Waals surface area (Å²) >= 11 is 0. The van der Waals surface area contributed by atoms with Gasteiger partial charge in [0.2, 0.25) is 6.29 Å². The molecule has 0 saturated heterocycles. The Morgan fingerprint density at radius 1 is 1.14 bits per heavy atom. The fraction of sp³-hybridized carbons (Fsp3) is 0.600. The van der Waals surface area contributed by atoms with E-state index in [9.17, 15) is 13.2 Å². The summed E-state index contributed by atoms with van der Waals surface area (Å²) in [4.78, 5) is 4.26. The predicted octanol–water partition coefficient (Wildman–Crippen LogP) is 4.24. The van der Waals surface area contributed by atoms with E-state index in [0.717, 1.165) is 5.56 Å². The van der Waals surface area contributed by atoms with Gasteiger partial charge in [-0.15, -0.1) is 0 Å². The zero-order chi connectivity index (χ0) is 16.5. The quantitative estimate of drug-likeness (QED) is 0.668. The number of hydrogen-bond acceptors (Lipinski definition) is 4. The number of benzene rings is 1. The van der Waals surface area contributed by atoms with Crippen LogP contribution in [0.3, 0.4) is 0 Å². The normalized spacial score (nSPS) is 25.9. The second kappa shape index (κ2) is 6.16. The van der Waals surface area contributed by atoms with E-state index in [4.69, 9.17) is 14.7 Å². The van der Waals surface area contributed by atoms with Crippen LogP contribution in [0.1, 0.15) is 44.1 Å². The average Bonchev–Trinajstić information content (AvgIpc) is 2.41. The molecule has 0 bridgehead atoms. The molecule has 0 amide bonds. The van der Waals surface area contributed by atoms with Gasteiger partial charge in [-0.2, -0.15) is 13.2 Å². The van der Waals surface area contributed by atoms with E-state index in [-0.39, 0.29) is 0 Å². The molecule has 0 aliphatic carbocycles. The summed E-state index contributed by atoms with van der Waals surface area (Å²) in [5.41, 5.74) is 0.913. The van der Waals surface area contributed by atoms with Gasteiger partial charge >= 0.3 is 6.18 Å². The number of rotatable bonds is 3. The Morgan fingerprint density at radius 2 is 1.73 bits per heavy atom. The molecular formula is C15H19F3O4. The van der Waals surface area contributed by atoms with Gasteiger partial charge in [0.1, 0.15) is 6.61 Å². The Kier molecular flexibility index (Phi) is 4.81. The van der Waals surface area contributed by atoms with Gasteiger partial charge in [-0.3, -0.25) is 0 Å². The Morgan fingerprint density at radius 3 is 2.23 bits per heavy atom. The van der Waals surface area contributed by atoms with E-state index in [1.54, 1.807) is 24.3 Å². The summed E-state index contributed by atoms with van der Waals surface area (Å²) in [5, 5.41) is 8.97. The van der Waals surface area contributed by atoms with Gasteiger partial charge in [0.15, 0.2) is 6.29 Å². The van der Waals surface area contributed by atoms with Crippen LogP contribution in [0.15, 0.2) is 24.3 Å². The van der Waals surface area contributed by atoms with Crippen LogP contribution in [0.25, 0.3) is 0 Å². The standard InChI is InChI=1S/C15H19F3O4/c1-14(2,3)11-9-6-4-5-7-10(9)12(22-19)21-13(11)20-8-15(16,17)18/h4-7,11-13,19H,8H2,1-3H3/t11-,12-,13-/m0/s1. The average molecular weight is 320 g/mol. The summed E-state index contributed by atoms with van der Waals surface area (Å²) in [6, 6.07) is 7.00. The Bertz CT molecular complexity index is 510. The van der Waals surface area contributed by atoms with Crippen LogP contribution >= 0.6 is 0 Å². The minimum absolute atomic E-state index is 0.410. The summed E-state index contributed by atoms with van der Waals surface area (Å²) in [6.07, 6.45) is -6.81. The Labute approximate surface area is 126 Å². The van der Waals surface area contributed by atoms with Crippen LogP contribution in [0.2, 0.25) is 0 Å². The smallest absolute Gasteiger partial charge is 0.342 e. The summed E-state index contributed by atoms with van der Waals surface area (Å²) in [6.45, 7) is 4.25. The first-order valence-corrected chi connectivity index (χ1v) is 6.86. The third-order valence-corrected chi connectivity index (χ3v) is 3.55. The maximum atomic E-state index is 12.4. The number of alkyl halides is 3. The van der Waals surface area contributed by atoms with Gasteiger partial charge in [-0.05, 0) is 11.0 Å². The monoisotopic (exact) mass is 320 g/mol. The van der Waals surface area contributed by atoms with E-state index >= 15 is 0 Å². The molecule has 7 heteroatoms. The van der Waals surface area contributed by atoms with Crippen molar-refractivity contribution in [2.24, 2.45) is 5.41 Å². The molecule has 0 radical (unpaired) electrons. The van der Waals surface area contributed by atoms with Crippen molar-refractivity contribution in [3.05, 3.63) is 35.4 Å². The van der Waals surface area contributed by atoms with Crippen molar-refractivity contribution in [2.45, 2.75) is 45.4 Å². The van der Waals surface area contributed by atoms with E-state index in [2.05, 4.69) is 4.89 Å². The lowest BCUT2D eigenvalue weighted by Gasteiger charge is -2.43. The lowest BCUT2D eigenvalue weighted by atomic mass is 9.73. The number of hydrogen-bond donors (Lipinski definition) is 1. The van der Waals surface area contributed by atoms with E-state index in [1.165, 1.54) is 0 Å². The predicted molar refractivity (Wildman–Crippen MR) is 72.0 cm³/mol. The van der Waals surface area contributed by atoms with Gasteiger partial charge in [-0.1, -0.05) is 45.0 Å². The van der Waals surface area contributed by atoms with Crippen LogP contribution in [-0.4, -0.2) is 24.3 Å². The largest absolute Gasteiger partial charge is 0.411 e. The topological polar surface area (TPSA) is 47.9 Å². The van der Waals surface area contributed by atoms with Crippen molar-refractivity contribution in [3.8, 4) is 0 Å². The number of fused-ring (bicyclic) bond motifs is 1. The second-order valence-corrected chi connectivity index (χ2v) is 6.34. The lowest BCUT2D eigenvalue weighted by molar-refractivity contribution is -0.392. The van der Waals surface area contributed by atoms with Crippen molar-refractivity contribution in [3.63, 3.8) is 0 Å². The van der Waals surface area contributed by atoms with Gasteiger partial charge in [-0.25, -0.2) is 10.1 Å². The molecule has 1 aromatic rings. The van der Waals surface area contributed by atoms with Crippen molar-refractivity contribution in [1.82, 2.24) is 0 Å². The van der Waals surface area contributed by atoms with Gasteiger partial charge < -0.3 is 9.47 Å². The maximum absolute atomic E-state index is 12.4. The Hall–Kier alpha value is -1.15. The number of halogens is 3. The molecule has 1 N–H and O–H groups in total. The van der Waals surface area contributed by atoms with Crippen LogP contribution in [0.4, 0.5) is 13.2 Å². The minimum Gasteiger partial charge on any atom is -0.342 e. The molecule has 1 aliphatic heterocycles. The highest BCUT2D eigenvalue weighted by atomic mass is 19.4. The molecule has 1 aromatic carbocycles. The molecule has 124 valence electrons. The summed E-state index contributed by atoms with van der Waals surface area (Å²) < 4.78 is 47.7. The zero-order valence-electron chi connectivity index (χ0n) is 12.6. The van der Waals surface area contributed by atoms with E-state index in [1.807, 2.05) is 20.8 Å². The minimum atomic E-state index is -4.46. The maximum Gasteiger partial charge on any atom is 0.411 e. The zero-order valence-corrected chi connectivity index (χ0v) is 12.6. The van der Waals surface area contributed by atoms with Gasteiger partial charge in [0.05, 0.1) is 0 Å². The summed E-state index contributed by atoms with van der Waals surface area (Å²) in [5.74, 6) is -0.433. The van der Waals surface area contributed by atoms with Crippen LogP contribution in [-0.2, 0) is 14.4 Å². The second-order valence-electron chi connectivity index (χ2n) is 6.34. The van der Waals surface area contributed by atoms with Crippen molar-refractivity contribution >= 4 is 0 Å². The highest BCUT2D eigenvalue weighted by molar-refractivity contribution is 5.35. The molecule has 0 unspecified atom stereocenters. The first-order chi connectivity index (χ1) is 10.1. The highest BCUT2D eigenvalue weighted by Crippen LogP contribution is 2.47. The van der Waals surface area contributed by atoms with Crippen molar-refractivity contribution < 1.29 is 32.8 Å². The molecule has 1 heterocycles. The molecule has 22 heavy (non-hydrogen) atoms. The third kappa shape index (κ3) is 3.78. The van der Waals surface area contributed by atoms with E-state index < -0.39 is 36.7 Å². The van der Waals surface area contributed by atoms with Gasteiger partial charge in [0.25, 0.3) is 0 Å². The summed E-state index contributed by atoms with van der Waals surface area (Å²) in [7, 11) is 0. The molecule has 0 saturated carbocycles. The van der Waals surface area contributed by atoms with Crippen LogP contribution < -0.4 is 0 Å².